The number of carboxylic acid groups (broad SMARTS) is 1. The van der Waals surface area contributed by atoms with Crippen LogP contribution >= 0.6 is 0 Å². The van der Waals surface area contributed by atoms with Gasteiger partial charge in [-0.25, -0.2) is 0 Å². The maximum atomic E-state index is 11.0. The van der Waals surface area contributed by atoms with Crippen LogP contribution in [0.4, 0.5) is 0 Å². The van der Waals surface area contributed by atoms with Crippen molar-refractivity contribution in [1.29, 1.82) is 0 Å². The van der Waals surface area contributed by atoms with E-state index in [0.717, 1.165) is 33.2 Å². The molecule has 0 aliphatic rings. The highest BCUT2D eigenvalue weighted by Crippen LogP contribution is 2.29. The molecule has 0 radical (unpaired) electrons. The Hall–Kier alpha value is -2.81. The van der Waals surface area contributed by atoms with Gasteiger partial charge in [0.15, 0.2) is 0 Å². The van der Waals surface area contributed by atoms with E-state index in [2.05, 4.69) is 6.07 Å². The lowest BCUT2D eigenvalue weighted by Crippen LogP contribution is -2.01. The Morgan fingerprint density at radius 3 is 2.50 bits per heavy atom. The van der Waals surface area contributed by atoms with E-state index in [4.69, 9.17) is 9.84 Å². The van der Waals surface area contributed by atoms with Gasteiger partial charge in [-0.05, 0) is 45.7 Å². The van der Waals surface area contributed by atoms with Crippen molar-refractivity contribution in [3.63, 3.8) is 0 Å². The molecule has 3 aromatic rings. The SMILES string of the molecule is COc1ccc2cc(-c3ccccc3CC(=O)O)ccc2c1. The van der Waals surface area contributed by atoms with Crippen molar-refractivity contribution in [2.45, 2.75) is 6.42 Å². The van der Waals surface area contributed by atoms with Crippen molar-refractivity contribution in [1.82, 2.24) is 0 Å². The van der Waals surface area contributed by atoms with Crippen molar-refractivity contribution in [3.8, 4) is 16.9 Å². The number of aliphatic carboxylic acids is 1. The fourth-order valence-corrected chi connectivity index (χ4v) is 2.64. The summed E-state index contributed by atoms with van der Waals surface area (Å²) >= 11 is 0. The maximum Gasteiger partial charge on any atom is 0.307 e. The van der Waals surface area contributed by atoms with Gasteiger partial charge in [-0.3, -0.25) is 4.79 Å². The van der Waals surface area contributed by atoms with E-state index in [-0.39, 0.29) is 6.42 Å². The van der Waals surface area contributed by atoms with Crippen LogP contribution < -0.4 is 4.74 Å². The minimum atomic E-state index is -0.821. The lowest BCUT2D eigenvalue weighted by molar-refractivity contribution is -0.136. The normalized spacial score (nSPS) is 10.6. The molecular formula is C19H16O3. The summed E-state index contributed by atoms with van der Waals surface area (Å²) in [5.74, 6) is 0.00417. The van der Waals surface area contributed by atoms with E-state index in [1.165, 1.54) is 0 Å². The zero-order valence-corrected chi connectivity index (χ0v) is 12.2. The second-order valence-electron chi connectivity index (χ2n) is 5.16. The van der Waals surface area contributed by atoms with Gasteiger partial charge < -0.3 is 9.84 Å². The number of carbonyl (C=O) groups is 1. The molecule has 110 valence electrons. The summed E-state index contributed by atoms with van der Waals surface area (Å²) in [6.45, 7) is 0. The zero-order valence-electron chi connectivity index (χ0n) is 12.2. The number of methoxy groups -OCH3 is 1. The molecule has 0 heterocycles. The van der Waals surface area contributed by atoms with E-state index in [9.17, 15) is 4.79 Å². The molecule has 3 aromatic carbocycles. The molecule has 0 spiro atoms. The predicted octanol–water partition coefficient (Wildman–Crippen LogP) is 4.14. The number of hydrogen-bond acceptors (Lipinski definition) is 2. The Balaban J connectivity index is 2.09. The number of rotatable bonds is 4. The molecule has 22 heavy (non-hydrogen) atoms. The molecule has 0 saturated heterocycles. The van der Waals surface area contributed by atoms with E-state index in [1.54, 1.807) is 7.11 Å². The fourth-order valence-electron chi connectivity index (χ4n) is 2.64. The summed E-state index contributed by atoms with van der Waals surface area (Å²) in [7, 11) is 1.65. The van der Waals surface area contributed by atoms with Crippen LogP contribution in [0, 0.1) is 0 Å². The number of ether oxygens (including phenoxy) is 1. The Labute approximate surface area is 128 Å². The summed E-state index contributed by atoms with van der Waals surface area (Å²) in [6, 6.07) is 19.7. The third-order valence-electron chi connectivity index (χ3n) is 3.72. The monoisotopic (exact) mass is 292 g/mol. The molecule has 0 atom stereocenters. The predicted molar refractivity (Wildman–Crippen MR) is 87.3 cm³/mol. The molecule has 0 aromatic heterocycles. The average Bonchev–Trinajstić information content (AvgIpc) is 2.54. The van der Waals surface area contributed by atoms with Gasteiger partial charge in [0, 0.05) is 0 Å². The van der Waals surface area contributed by atoms with Crippen LogP contribution in [0.5, 0.6) is 5.75 Å². The Morgan fingerprint density at radius 1 is 1.00 bits per heavy atom. The maximum absolute atomic E-state index is 11.0. The van der Waals surface area contributed by atoms with Gasteiger partial charge in [0.2, 0.25) is 0 Å². The highest BCUT2D eigenvalue weighted by Gasteiger charge is 2.09. The van der Waals surface area contributed by atoms with Gasteiger partial charge in [-0.2, -0.15) is 0 Å². The summed E-state index contributed by atoms with van der Waals surface area (Å²) in [4.78, 5) is 11.0. The summed E-state index contributed by atoms with van der Waals surface area (Å²) < 4.78 is 5.23. The third kappa shape index (κ3) is 2.79. The molecular weight excluding hydrogens is 276 g/mol. The molecule has 3 rings (SSSR count). The minimum absolute atomic E-state index is 0.0246. The standard InChI is InChI=1S/C19H16O3/c1-22-17-9-8-13-10-16(7-6-14(13)11-17)18-5-3-2-4-15(18)12-19(20)21/h2-11H,12H2,1H3,(H,20,21). The van der Waals surface area contributed by atoms with Gasteiger partial charge >= 0.3 is 5.97 Å². The molecule has 3 heteroatoms. The van der Waals surface area contributed by atoms with E-state index in [0.29, 0.717) is 0 Å². The van der Waals surface area contributed by atoms with Crippen LogP contribution in [0.15, 0.2) is 60.7 Å². The van der Waals surface area contributed by atoms with Crippen LogP contribution in [0.3, 0.4) is 0 Å². The van der Waals surface area contributed by atoms with E-state index < -0.39 is 5.97 Å². The Bertz CT molecular complexity index is 837. The highest BCUT2D eigenvalue weighted by atomic mass is 16.5. The molecule has 0 fully saturated rings. The van der Waals surface area contributed by atoms with Crippen LogP contribution in [0.1, 0.15) is 5.56 Å². The number of carboxylic acids is 1. The molecule has 3 nitrogen and oxygen atoms in total. The van der Waals surface area contributed by atoms with Crippen LogP contribution in [-0.2, 0) is 11.2 Å². The molecule has 1 N–H and O–H groups in total. The van der Waals surface area contributed by atoms with E-state index >= 15 is 0 Å². The summed E-state index contributed by atoms with van der Waals surface area (Å²) in [5.41, 5.74) is 2.81. The van der Waals surface area contributed by atoms with Gasteiger partial charge in [-0.1, -0.05) is 42.5 Å². The molecule has 0 amide bonds. The smallest absolute Gasteiger partial charge is 0.307 e. The number of hydrogen-bond donors (Lipinski definition) is 1. The third-order valence-corrected chi connectivity index (χ3v) is 3.72. The lowest BCUT2D eigenvalue weighted by atomic mass is 9.95. The number of benzene rings is 3. The summed E-state index contributed by atoms with van der Waals surface area (Å²) in [5, 5.41) is 11.3. The average molecular weight is 292 g/mol. The second-order valence-corrected chi connectivity index (χ2v) is 5.16. The first-order valence-electron chi connectivity index (χ1n) is 7.05. The van der Waals surface area contributed by atoms with Crippen LogP contribution in [0.2, 0.25) is 0 Å². The van der Waals surface area contributed by atoms with Gasteiger partial charge in [-0.15, -0.1) is 0 Å². The summed E-state index contributed by atoms with van der Waals surface area (Å²) in [6.07, 6.45) is 0.0246. The first-order chi connectivity index (χ1) is 10.7. The van der Waals surface area contributed by atoms with Crippen molar-refractivity contribution < 1.29 is 14.6 Å². The quantitative estimate of drug-likeness (QED) is 0.786. The van der Waals surface area contributed by atoms with Gasteiger partial charge in [0.1, 0.15) is 5.75 Å². The first kappa shape index (κ1) is 14.1. The van der Waals surface area contributed by atoms with Crippen molar-refractivity contribution in [2.24, 2.45) is 0 Å². The van der Waals surface area contributed by atoms with Gasteiger partial charge in [0.25, 0.3) is 0 Å². The molecule has 0 aliphatic heterocycles. The first-order valence-corrected chi connectivity index (χ1v) is 7.05. The zero-order chi connectivity index (χ0) is 15.5. The van der Waals surface area contributed by atoms with Crippen molar-refractivity contribution in [3.05, 3.63) is 66.2 Å². The second kappa shape index (κ2) is 5.90. The lowest BCUT2D eigenvalue weighted by Gasteiger charge is -2.10. The van der Waals surface area contributed by atoms with Crippen LogP contribution in [0.25, 0.3) is 21.9 Å². The van der Waals surface area contributed by atoms with Gasteiger partial charge in [0.05, 0.1) is 13.5 Å². The van der Waals surface area contributed by atoms with Crippen LogP contribution in [-0.4, -0.2) is 18.2 Å². The largest absolute Gasteiger partial charge is 0.497 e. The number of fused-ring (bicyclic) bond motifs is 1. The Morgan fingerprint density at radius 2 is 1.73 bits per heavy atom. The molecule has 0 bridgehead atoms. The van der Waals surface area contributed by atoms with Crippen molar-refractivity contribution >= 4 is 16.7 Å². The van der Waals surface area contributed by atoms with E-state index in [1.807, 2.05) is 54.6 Å². The molecule has 0 aliphatic carbocycles. The minimum Gasteiger partial charge on any atom is -0.497 e. The highest BCUT2D eigenvalue weighted by molar-refractivity contribution is 5.89. The van der Waals surface area contributed by atoms with Crippen molar-refractivity contribution in [2.75, 3.05) is 7.11 Å². The molecule has 0 unspecified atom stereocenters. The fraction of sp³-hybridized carbons (Fsp3) is 0.105. The topological polar surface area (TPSA) is 46.5 Å². The Kier molecular flexibility index (Phi) is 3.79. The molecule has 0 saturated carbocycles.